The maximum absolute atomic E-state index is 12.4. The molecule has 2 rings (SSSR count). The molecule has 1 unspecified atom stereocenters. The summed E-state index contributed by atoms with van der Waals surface area (Å²) in [5.74, 6) is 0.448. The number of amides is 2. The molecule has 7 heteroatoms. The van der Waals surface area contributed by atoms with Gasteiger partial charge in [0, 0.05) is 23.1 Å². The Labute approximate surface area is 179 Å². The molecule has 2 aromatic carbocycles. The van der Waals surface area contributed by atoms with Crippen molar-refractivity contribution >= 4 is 39.8 Å². The fourth-order valence-electron chi connectivity index (χ4n) is 2.32. The number of carbonyl (C=O) groups excluding carboxylic acids is 2. The molecule has 152 valence electrons. The third-order valence-electron chi connectivity index (χ3n) is 3.51. The summed E-state index contributed by atoms with van der Waals surface area (Å²) in [5.41, 5.74) is 1.70. The number of nitrogens with one attached hydrogen (secondary N) is 2. The summed E-state index contributed by atoms with van der Waals surface area (Å²) in [6.45, 7) is 5.85. The maximum Gasteiger partial charge on any atom is 0.251 e. The van der Waals surface area contributed by atoms with Gasteiger partial charge in [0.2, 0.25) is 6.41 Å². The predicted molar refractivity (Wildman–Crippen MR) is 117 cm³/mol. The molecule has 2 amide bonds. The SMILES string of the molecule is CC(Cc1ccc(Br)cc1)NC(=O)c1ccc(OC(C)C)c(Cl)c1.CNC=O. The molecule has 28 heavy (non-hydrogen) atoms. The van der Waals surface area contributed by atoms with E-state index in [4.69, 9.17) is 21.1 Å². The smallest absolute Gasteiger partial charge is 0.251 e. The molecule has 0 aliphatic rings. The van der Waals surface area contributed by atoms with Crippen molar-refractivity contribution in [2.24, 2.45) is 0 Å². The molecule has 0 bridgehead atoms. The Hall–Kier alpha value is -2.05. The molecule has 0 radical (unpaired) electrons. The van der Waals surface area contributed by atoms with Crippen LogP contribution in [0.2, 0.25) is 5.02 Å². The molecule has 0 saturated heterocycles. The summed E-state index contributed by atoms with van der Waals surface area (Å²) in [5, 5.41) is 5.69. The van der Waals surface area contributed by atoms with Crippen molar-refractivity contribution in [3.63, 3.8) is 0 Å². The third kappa shape index (κ3) is 8.76. The molecule has 0 fully saturated rings. The Morgan fingerprint density at radius 2 is 1.79 bits per heavy atom. The standard InChI is InChI=1S/C19H21BrClNO2.C2H5NO/c1-12(2)24-18-9-6-15(11-17(18)21)19(23)22-13(3)10-14-4-7-16(20)8-5-14;1-3-2-4/h4-9,11-13H,10H2,1-3H3,(H,22,23);2H,1H3,(H,3,4). The summed E-state index contributed by atoms with van der Waals surface area (Å²) in [4.78, 5) is 21.4. The number of ether oxygens (including phenoxy) is 1. The molecule has 0 aliphatic carbocycles. The van der Waals surface area contributed by atoms with Crippen LogP contribution >= 0.6 is 27.5 Å². The van der Waals surface area contributed by atoms with Gasteiger partial charge in [0.15, 0.2) is 0 Å². The van der Waals surface area contributed by atoms with Gasteiger partial charge in [0.25, 0.3) is 5.91 Å². The fraction of sp³-hybridized carbons (Fsp3) is 0.333. The highest BCUT2D eigenvalue weighted by Crippen LogP contribution is 2.26. The summed E-state index contributed by atoms with van der Waals surface area (Å²) in [6, 6.07) is 13.2. The molecule has 0 heterocycles. The van der Waals surface area contributed by atoms with Crippen LogP contribution in [0, 0.1) is 0 Å². The summed E-state index contributed by atoms with van der Waals surface area (Å²) in [6.07, 6.45) is 1.43. The van der Waals surface area contributed by atoms with Crippen molar-refractivity contribution in [1.82, 2.24) is 10.6 Å². The number of carbonyl (C=O) groups is 2. The molecule has 0 saturated carbocycles. The van der Waals surface area contributed by atoms with Gasteiger partial charge in [-0.15, -0.1) is 0 Å². The van der Waals surface area contributed by atoms with Gasteiger partial charge in [-0.2, -0.15) is 0 Å². The van der Waals surface area contributed by atoms with Gasteiger partial charge in [-0.1, -0.05) is 39.7 Å². The van der Waals surface area contributed by atoms with E-state index in [0.29, 0.717) is 22.7 Å². The normalized spacial score (nSPS) is 11.1. The van der Waals surface area contributed by atoms with Crippen LogP contribution in [-0.2, 0) is 11.2 Å². The molecule has 0 aliphatic heterocycles. The van der Waals surface area contributed by atoms with Gasteiger partial charge in [-0.3, -0.25) is 9.59 Å². The van der Waals surface area contributed by atoms with Crippen molar-refractivity contribution in [3.05, 3.63) is 63.1 Å². The van der Waals surface area contributed by atoms with Crippen LogP contribution in [0.5, 0.6) is 5.75 Å². The first-order valence-corrected chi connectivity index (χ1v) is 10.1. The molecular formula is C21H26BrClN2O3. The molecule has 5 nitrogen and oxygen atoms in total. The minimum Gasteiger partial charge on any atom is -0.489 e. The van der Waals surface area contributed by atoms with Gasteiger partial charge in [0.05, 0.1) is 11.1 Å². The van der Waals surface area contributed by atoms with E-state index in [9.17, 15) is 4.79 Å². The molecular weight excluding hydrogens is 444 g/mol. The van der Waals surface area contributed by atoms with Gasteiger partial charge in [-0.25, -0.2) is 0 Å². The van der Waals surface area contributed by atoms with Crippen LogP contribution < -0.4 is 15.4 Å². The lowest BCUT2D eigenvalue weighted by molar-refractivity contribution is -0.109. The number of benzene rings is 2. The molecule has 0 aromatic heterocycles. The lowest BCUT2D eigenvalue weighted by Crippen LogP contribution is -2.34. The first-order chi connectivity index (χ1) is 13.3. The van der Waals surface area contributed by atoms with Crippen LogP contribution in [0.3, 0.4) is 0 Å². The summed E-state index contributed by atoms with van der Waals surface area (Å²) >= 11 is 9.61. The van der Waals surface area contributed by atoms with Gasteiger partial charge < -0.3 is 15.4 Å². The minimum absolute atomic E-state index is 0.0176. The second-order valence-electron chi connectivity index (χ2n) is 6.42. The molecule has 0 spiro atoms. The van der Waals surface area contributed by atoms with E-state index < -0.39 is 0 Å². The van der Waals surface area contributed by atoms with Crippen LogP contribution in [0.15, 0.2) is 46.9 Å². The number of hydrogen-bond acceptors (Lipinski definition) is 3. The van der Waals surface area contributed by atoms with Gasteiger partial charge >= 0.3 is 0 Å². The number of hydrogen-bond donors (Lipinski definition) is 2. The first kappa shape index (κ1) is 24.0. The number of rotatable bonds is 7. The monoisotopic (exact) mass is 468 g/mol. The van der Waals surface area contributed by atoms with Gasteiger partial charge in [0.1, 0.15) is 5.75 Å². The highest BCUT2D eigenvalue weighted by atomic mass is 79.9. The topological polar surface area (TPSA) is 67.4 Å². The Morgan fingerprint density at radius 1 is 1.18 bits per heavy atom. The van der Waals surface area contributed by atoms with E-state index in [2.05, 4.69) is 26.6 Å². The van der Waals surface area contributed by atoms with Crippen LogP contribution in [-0.4, -0.2) is 31.5 Å². The van der Waals surface area contributed by atoms with Crippen LogP contribution in [0.25, 0.3) is 0 Å². The fourth-order valence-corrected chi connectivity index (χ4v) is 2.81. The zero-order valence-electron chi connectivity index (χ0n) is 16.5. The quantitative estimate of drug-likeness (QED) is 0.582. The summed E-state index contributed by atoms with van der Waals surface area (Å²) < 4.78 is 6.62. The van der Waals surface area contributed by atoms with E-state index >= 15 is 0 Å². The highest BCUT2D eigenvalue weighted by Gasteiger charge is 2.13. The largest absolute Gasteiger partial charge is 0.489 e. The maximum atomic E-state index is 12.4. The zero-order chi connectivity index (χ0) is 21.1. The van der Waals surface area contributed by atoms with Crippen molar-refractivity contribution < 1.29 is 14.3 Å². The van der Waals surface area contributed by atoms with Crippen molar-refractivity contribution in [3.8, 4) is 5.75 Å². The Morgan fingerprint density at radius 3 is 2.29 bits per heavy atom. The molecule has 2 aromatic rings. The Kier molecular flexibility index (Phi) is 10.6. The highest BCUT2D eigenvalue weighted by molar-refractivity contribution is 9.10. The summed E-state index contributed by atoms with van der Waals surface area (Å²) in [7, 11) is 1.56. The van der Waals surface area contributed by atoms with E-state index in [1.165, 1.54) is 5.56 Å². The van der Waals surface area contributed by atoms with Crippen LogP contribution in [0.4, 0.5) is 0 Å². The van der Waals surface area contributed by atoms with E-state index in [1.54, 1.807) is 25.2 Å². The molecule has 2 N–H and O–H groups in total. The molecule has 1 atom stereocenters. The van der Waals surface area contributed by atoms with E-state index in [-0.39, 0.29) is 18.1 Å². The van der Waals surface area contributed by atoms with Crippen molar-refractivity contribution in [2.45, 2.75) is 39.3 Å². The van der Waals surface area contributed by atoms with E-state index in [0.717, 1.165) is 10.9 Å². The van der Waals surface area contributed by atoms with E-state index in [1.807, 2.05) is 45.0 Å². The van der Waals surface area contributed by atoms with Crippen LogP contribution in [0.1, 0.15) is 36.7 Å². The average Bonchev–Trinajstić information content (AvgIpc) is 2.65. The lowest BCUT2D eigenvalue weighted by Gasteiger charge is -2.15. The predicted octanol–water partition coefficient (Wildman–Crippen LogP) is 4.61. The third-order valence-corrected chi connectivity index (χ3v) is 4.33. The minimum atomic E-state index is -0.141. The average molecular weight is 470 g/mol. The second kappa shape index (κ2) is 12.4. The lowest BCUT2D eigenvalue weighted by atomic mass is 10.1. The second-order valence-corrected chi connectivity index (χ2v) is 7.75. The van der Waals surface area contributed by atoms with Gasteiger partial charge in [-0.05, 0) is 63.1 Å². The zero-order valence-corrected chi connectivity index (χ0v) is 18.8. The number of halogens is 2. The van der Waals surface area contributed by atoms with Crippen molar-refractivity contribution in [2.75, 3.05) is 7.05 Å². The Bertz CT molecular complexity index is 767. The Balaban J connectivity index is 0.000000892. The van der Waals surface area contributed by atoms with Crippen molar-refractivity contribution in [1.29, 1.82) is 0 Å². The first-order valence-electron chi connectivity index (χ1n) is 8.89.